The van der Waals surface area contributed by atoms with Crippen LogP contribution in [-0.2, 0) is 6.18 Å². The molecule has 0 aliphatic carbocycles. The van der Waals surface area contributed by atoms with Gasteiger partial charge in [0.25, 0.3) is 17.4 Å². The fraction of sp³-hybridized carbons (Fsp3) is 0.172. The van der Waals surface area contributed by atoms with E-state index in [4.69, 9.17) is 4.74 Å². The Labute approximate surface area is 242 Å². The minimum Gasteiger partial charge on any atom is -0.457 e. The van der Waals surface area contributed by atoms with Crippen LogP contribution in [0.5, 0.6) is 11.5 Å². The number of nitrogens with one attached hydrogen (secondary N) is 1. The third-order valence-corrected chi connectivity index (χ3v) is 6.42. The zero-order valence-electron chi connectivity index (χ0n) is 22.9. The first-order chi connectivity index (χ1) is 20.5. The van der Waals surface area contributed by atoms with Crippen molar-refractivity contribution < 1.29 is 27.6 Å². The van der Waals surface area contributed by atoms with Crippen molar-refractivity contribution in [1.82, 2.24) is 19.6 Å². The molecular weight excluding hydrogens is 567 g/mol. The maximum absolute atomic E-state index is 13.9. The third kappa shape index (κ3) is 6.37. The van der Waals surface area contributed by atoms with Crippen LogP contribution in [0.3, 0.4) is 0 Å². The Morgan fingerprint density at radius 2 is 1.72 bits per heavy atom. The van der Waals surface area contributed by atoms with E-state index in [9.17, 15) is 28.1 Å². The Kier molecular flexibility index (Phi) is 7.92. The molecule has 0 saturated heterocycles. The number of ether oxygens (including phenoxy) is 1. The zero-order valence-corrected chi connectivity index (χ0v) is 22.9. The normalized spacial score (nSPS) is 11.4. The first-order valence-electron chi connectivity index (χ1n) is 13.1. The van der Waals surface area contributed by atoms with Crippen molar-refractivity contribution in [3.63, 3.8) is 0 Å². The summed E-state index contributed by atoms with van der Waals surface area (Å²) in [5, 5.41) is 17.8. The number of hydrogen-bond donors (Lipinski definition) is 1. The molecule has 220 valence electrons. The summed E-state index contributed by atoms with van der Waals surface area (Å²) in [6.07, 6.45) is -4.83. The SMILES string of the molecule is CCN(CC)c1cccc(Oc2cc(NC(=O)c3nc4nc(-c5ccccc5)cc(C(F)(F)F)n4n3)cc([N+](=O)[O-])c2)c1. The highest BCUT2D eigenvalue weighted by Gasteiger charge is 2.36. The summed E-state index contributed by atoms with van der Waals surface area (Å²) in [6.45, 7) is 5.54. The average Bonchev–Trinajstić information content (AvgIpc) is 3.42. The van der Waals surface area contributed by atoms with E-state index < -0.39 is 34.3 Å². The van der Waals surface area contributed by atoms with Crippen molar-refractivity contribution in [3.05, 3.63) is 100 Å². The number of nitrogens with zero attached hydrogens (tertiary/aromatic N) is 6. The van der Waals surface area contributed by atoms with Crippen LogP contribution >= 0.6 is 0 Å². The number of non-ortho nitro benzene ring substituents is 1. The van der Waals surface area contributed by atoms with E-state index in [1.807, 2.05) is 19.9 Å². The monoisotopic (exact) mass is 591 g/mol. The van der Waals surface area contributed by atoms with Gasteiger partial charge in [-0.1, -0.05) is 36.4 Å². The minimum absolute atomic E-state index is 0.00896. The number of carbonyl (C=O) groups is 1. The van der Waals surface area contributed by atoms with E-state index in [0.29, 0.717) is 15.8 Å². The second kappa shape index (κ2) is 11.8. The van der Waals surface area contributed by atoms with Gasteiger partial charge in [-0.15, -0.1) is 5.10 Å². The lowest BCUT2D eigenvalue weighted by atomic mass is 10.1. The van der Waals surface area contributed by atoms with Crippen LogP contribution in [0.2, 0.25) is 0 Å². The van der Waals surface area contributed by atoms with E-state index in [2.05, 4.69) is 25.3 Å². The number of fused-ring (bicyclic) bond motifs is 1. The summed E-state index contributed by atoms with van der Waals surface area (Å²) in [5.41, 5.74) is -0.324. The molecule has 2 aromatic heterocycles. The molecule has 2 heterocycles. The van der Waals surface area contributed by atoms with E-state index in [-0.39, 0.29) is 22.8 Å². The molecule has 5 aromatic rings. The number of halogens is 3. The molecule has 43 heavy (non-hydrogen) atoms. The summed E-state index contributed by atoms with van der Waals surface area (Å²) in [7, 11) is 0. The fourth-order valence-electron chi connectivity index (χ4n) is 4.40. The minimum atomic E-state index is -4.83. The lowest BCUT2D eigenvalue weighted by molar-refractivity contribution is -0.384. The molecular formula is C29H24F3N7O4. The summed E-state index contributed by atoms with van der Waals surface area (Å²) >= 11 is 0. The number of hydrogen-bond acceptors (Lipinski definition) is 8. The van der Waals surface area contributed by atoms with E-state index in [1.54, 1.807) is 48.5 Å². The van der Waals surface area contributed by atoms with Gasteiger partial charge in [-0.05, 0) is 32.0 Å². The molecule has 5 rings (SSSR count). The molecule has 0 spiro atoms. The van der Waals surface area contributed by atoms with Gasteiger partial charge in [-0.3, -0.25) is 14.9 Å². The zero-order chi connectivity index (χ0) is 30.7. The molecule has 0 bridgehead atoms. The first kappa shape index (κ1) is 29.0. The second-order valence-corrected chi connectivity index (χ2v) is 9.24. The van der Waals surface area contributed by atoms with Gasteiger partial charge in [-0.2, -0.15) is 22.7 Å². The number of benzene rings is 3. The van der Waals surface area contributed by atoms with Crippen molar-refractivity contribution in [3.8, 4) is 22.8 Å². The van der Waals surface area contributed by atoms with Crippen LogP contribution in [0.15, 0.2) is 78.9 Å². The van der Waals surface area contributed by atoms with Crippen molar-refractivity contribution >= 4 is 28.7 Å². The van der Waals surface area contributed by atoms with Crippen LogP contribution in [0.25, 0.3) is 17.0 Å². The maximum atomic E-state index is 13.9. The van der Waals surface area contributed by atoms with Gasteiger partial charge < -0.3 is 15.0 Å². The Balaban J connectivity index is 1.46. The highest BCUT2D eigenvalue weighted by molar-refractivity contribution is 6.02. The molecule has 0 radical (unpaired) electrons. The highest BCUT2D eigenvalue weighted by atomic mass is 19.4. The Bertz CT molecular complexity index is 1810. The predicted octanol–water partition coefficient (Wildman–Crippen LogP) is 6.61. The Morgan fingerprint density at radius 1 is 0.977 bits per heavy atom. The van der Waals surface area contributed by atoms with Gasteiger partial charge in [0.1, 0.15) is 11.5 Å². The van der Waals surface area contributed by atoms with E-state index >= 15 is 0 Å². The van der Waals surface area contributed by atoms with Gasteiger partial charge in [0.2, 0.25) is 5.82 Å². The number of anilines is 2. The van der Waals surface area contributed by atoms with Crippen molar-refractivity contribution in [1.29, 1.82) is 0 Å². The summed E-state index contributed by atoms with van der Waals surface area (Å²) in [4.78, 5) is 34.2. The number of carbonyl (C=O) groups excluding carboxylic acids is 1. The van der Waals surface area contributed by atoms with E-state index in [1.165, 1.54) is 12.1 Å². The largest absolute Gasteiger partial charge is 0.457 e. The van der Waals surface area contributed by atoms with Crippen LogP contribution in [0.1, 0.15) is 30.2 Å². The lowest BCUT2D eigenvalue weighted by Crippen LogP contribution is -2.21. The topological polar surface area (TPSA) is 128 Å². The number of alkyl halides is 3. The summed E-state index contributed by atoms with van der Waals surface area (Å²) in [5.74, 6) is -1.61. The molecule has 14 heteroatoms. The molecule has 0 unspecified atom stereocenters. The second-order valence-electron chi connectivity index (χ2n) is 9.24. The van der Waals surface area contributed by atoms with Crippen molar-refractivity contribution in [2.24, 2.45) is 0 Å². The lowest BCUT2D eigenvalue weighted by Gasteiger charge is -2.21. The first-order valence-corrected chi connectivity index (χ1v) is 13.1. The van der Waals surface area contributed by atoms with Gasteiger partial charge in [0.15, 0.2) is 5.69 Å². The Hall–Kier alpha value is -5.53. The number of aromatic nitrogens is 4. The summed E-state index contributed by atoms with van der Waals surface area (Å²) in [6, 6.07) is 19.8. The van der Waals surface area contributed by atoms with Gasteiger partial charge in [0, 0.05) is 42.5 Å². The molecule has 3 aromatic carbocycles. The van der Waals surface area contributed by atoms with Crippen molar-refractivity contribution in [2.75, 3.05) is 23.3 Å². The van der Waals surface area contributed by atoms with Gasteiger partial charge >= 0.3 is 6.18 Å². The molecule has 0 saturated carbocycles. The quantitative estimate of drug-likeness (QED) is 0.150. The number of nitro groups is 1. The van der Waals surface area contributed by atoms with Crippen LogP contribution in [0.4, 0.5) is 30.2 Å². The van der Waals surface area contributed by atoms with Crippen LogP contribution < -0.4 is 15.0 Å². The molecule has 1 amide bonds. The standard InChI is InChI=1S/C29H24F3N7O4/c1-3-37(4-2)20-11-8-12-22(15-20)43-23-14-19(13-21(16-23)39(41)42)33-27(40)26-35-28-34-24(18-9-6-5-7-10-18)17-25(29(30,31)32)38(28)36-26/h5-17H,3-4H2,1-2H3,(H,33,40). The number of amides is 1. The number of nitro benzene ring substituents is 1. The summed E-state index contributed by atoms with van der Waals surface area (Å²) < 4.78 is 48.1. The third-order valence-electron chi connectivity index (χ3n) is 6.42. The van der Waals surface area contributed by atoms with E-state index in [0.717, 1.165) is 30.9 Å². The fourth-order valence-corrected chi connectivity index (χ4v) is 4.40. The molecule has 0 fully saturated rings. The smallest absolute Gasteiger partial charge is 0.433 e. The average molecular weight is 592 g/mol. The van der Waals surface area contributed by atoms with Gasteiger partial charge in [0.05, 0.1) is 22.4 Å². The molecule has 0 aliphatic rings. The van der Waals surface area contributed by atoms with Crippen LogP contribution in [0, 0.1) is 10.1 Å². The van der Waals surface area contributed by atoms with Crippen LogP contribution in [-0.4, -0.2) is 43.5 Å². The molecule has 0 aliphatic heterocycles. The highest BCUT2D eigenvalue weighted by Crippen LogP contribution is 2.33. The predicted molar refractivity (Wildman–Crippen MR) is 152 cm³/mol. The number of rotatable bonds is 9. The molecule has 11 nitrogen and oxygen atoms in total. The Morgan fingerprint density at radius 3 is 2.40 bits per heavy atom. The maximum Gasteiger partial charge on any atom is 0.433 e. The molecule has 0 atom stereocenters. The molecule has 1 N–H and O–H groups in total. The van der Waals surface area contributed by atoms with Gasteiger partial charge in [-0.25, -0.2) is 4.98 Å². The van der Waals surface area contributed by atoms with Crippen molar-refractivity contribution in [2.45, 2.75) is 20.0 Å².